The molecule has 0 saturated carbocycles. The van der Waals surface area contributed by atoms with Gasteiger partial charge >= 0.3 is 0 Å². The normalized spacial score (nSPS) is 15.9. The SMILES string of the molecule is CCn1c(SC(C)C(=O)N2CCN(Cc3ccccc3)CC2)nc2sc(C)c(C)c2c1=O. The summed E-state index contributed by atoms with van der Waals surface area (Å²) in [7, 11) is 0. The van der Waals surface area contributed by atoms with Crippen molar-refractivity contribution in [3.63, 3.8) is 0 Å². The first kappa shape index (κ1) is 23.0. The van der Waals surface area contributed by atoms with E-state index in [-0.39, 0.29) is 16.7 Å². The molecule has 1 fully saturated rings. The molecule has 1 amide bonds. The van der Waals surface area contributed by atoms with Gasteiger partial charge in [0.15, 0.2) is 5.16 Å². The summed E-state index contributed by atoms with van der Waals surface area (Å²) in [4.78, 5) is 37.2. The summed E-state index contributed by atoms with van der Waals surface area (Å²) in [5.41, 5.74) is 2.31. The van der Waals surface area contributed by atoms with Crippen LogP contribution in [0.5, 0.6) is 0 Å². The number of rotatable bonds is 6. The molecule has 0 aliphatic carbocycles. The number of amides is 1. The number of thiophene rings is 1. The van der Waals surface area contributed by atoms with Gasteiger partial charge in [0.2, 0.25) is 5.91 Å². The first-order valence-electron chi connectivity index (χ1n) is 11.1. The van der Waals surface area contributed by atoms with Crippen LogP contribution in [0.4, 0.5) is 0 Å². The van der Waals surface area contributed by atoms with Crippen LogP contribution < -0.4 is 5.56 Å². The zero-order valence-electron chi connectivity index (χ0n) is 19.1. The Morgan fingerprint density at radius 1 is 1.16 bits per heavy atom. The molecule has 0 radical (unpaired) electrons. The summed E-state index contributed by atoms with van der Waals surface area (Å²) in [6.45, 7) is 12.5. The largest absolute Gasteiger partial charge is 0.339 e. The third-order valence-electron chi connectivity index (χ3n) is 6.13. The summed E-state index contributed by atoms with van der Waals surface area (Å²) in [5.74, 6) is 0.116. The van der Waals surface area contributed by atoms with Crippen LogP contribution in [0.2, 0.25) is 0 Å². The number of carbonyl (C=O) groups is 1. The Labute approximate surface area is 197 Å². The molecule has 170 valence electrons. The van der Waals surface area contributed by atoms with E-state index in [0.717, 1.165) is 48.0 Å². The molecule has 1 unspecified atom stereocenters. The summed E-state index contributed by atoms with van der Waals surface area (Å²) in [6, 6.07) is 10.4. The van der Waals surface area contributed by atoms with Crippen LogP contribution in [-0.2, 0) is 17.9 Å². The van der Waals surface area contributed by atoms with Crippen LogP contribution in [-0.4, -0.2) is 56.7 Å². The van der Waals surface area contributed by atoms with Gasteiger partial charge < -0.3 is 4.90 Å². The second-order valence-electron chi connectivity index (χ2n) is 8.25. The summed E-state index contributed by atoms with van der Waals surface area (Å²) in [5, 5.41) is 1.06. The highest BCUT2D eigenvalue weighted by Crippen LogP contribution is 2.30. The number of carbonyl (C=O) groups excluding carboxylic acids is 1. The van der Waals surface area contributed by atoms with Gasteiger partial charge in [0.05, 0.1) is 10.6 Å². The minimum absolute atomic E-state index is 0.00368. The fourth-order valence-corrected chi connectivity index (χ4v) is 6.24. The Balaban J connectivity index is 1.43. The molecule has 0 spiro atoms. The van der Waals surface area contributed by atoms with Gasteiger partial charge in [-0.05, 0) is 38.8 Å². The van der Waals surface area contributed by atoms with Crippen molar-refractivity contribution in [3.8, 4) is 0 Å². The van der Waals surface area contributed by atoms with E-state index in [1.807, 2.05) is 38.7 Å². The van der Waals surface area contributed by atoms with Crippen molar-refractivity contribution in [3.05, 3.63) is 56.7 Å². The lowest BCUT2D eigenvalue weighted by Gasteiger charge is -2.35. The van der Waals surface area contributed by atoms with E-state index in [2.05, 4.69) is 29.2 Å². The van der Waals surface area contributed by atoms with Crippen LogP contribution in [0.25, 0.3) is 10.2 Å². The first-order valence-corrected chi connectivity index (χ1v) is 12.8. The molecule has 8 heteroatoms. The van der Waals surface area contributed by atoms with Crippen LogP contribution >= 0.6 is 23.1 Å². The number of nitrogens with zero attached hydrogens (tertiary/aromatic N) is 4. The van der Waals surface area contributed by atoms with E-state index in [1.54, 1.807) is 15.9 Å². The molecule has 0 N–H and O–H groups in total. The van der Waals surface area contributed by atoms with Gasteiger partial charge in [-0.25, -0.2) is 4.98 Å². The number of hydrogen-bond acceptors (Lipinski definition) is 6. The Morgan fingerprint density at radius 2 is 1.84 bits per heavy atom. The van der Waals surface area contributed by atoms with Crippen molar-refractivity contribution < 1.29 is 4.79 Å². The standard InChI is InChI=1S/C24H30N4O2S2/c1-5-28-23(30)20-16(2)17(3)31-21(20)25-24(28)32-18(4)22(29)27-13-11-26(12-14-27)15-19-9-7-6-8-10-19/h6-10,18H,5,11-15H2,1-4H3. The van der Waals surface area contributed by atoms with Gasteiger partial charge in [-0.3, -0.25) is 19.1 Å². The number of fused-ring (bicyclic) bond motifs is 1. The molecular weight excluding hydrogens is 440 g/mol. The molecule has 1 aromatic carbocycles. The van der Waals surface area contributed by atoms with E-state index in [9.17, 15) is 9.59 Å². The predicted octanol–water partition coefficient (Wildman–Crippen LogP) is 3.92. The molecule has 1 aliphatic rings. The van der Waals surface area contributed by atoms with Gasteiger partial charge in [-0.1, -0.05) is 42.1 Å². The number of thioether (sulfide) groups is 1. The average Bonchev–Trinajstić information content (AvgIpc) is 3.08. The zero-order chi connectivity index (χ0) is 22.8. The van der Waals surface area contributed by atoms with Crippen molar-refractivity contribution in [2.75, 3.05) is 26.2 Å². The van der Waals surface area contributed by atoms with Crippen LogP contribution in [0, 0.1) is 13.8 Å². The third-order valence-corrected chi connectivity index (χ3v) is 8.31. The average molecular weight is 471 g/mol. The van der Waals surface area contributed by atoms with Crippen molar-refractivity contribution in [1.82, 2.24) is 19.4 Å². The summed E-state index contributed by atoms with van der Waals surface area (Å²) >= 11 is 2.95. The Morgan fingerprint density at radius 3 is 2.50 bits per heavy atom. The van der Waals surface area contributed by atoms with Gasteiger partial charge in [0, 0.05) is 44.1 Å². The van der Waals surface area contributed by atoms with Crippen molar-refractivity contribution in [2.24, 2.45) is 0 Å². The Bertz CT molecular complexity index is 1160. The minimum atomic E-state index is -0.292. The molecule has 1 saturated heterocycles. The molecule has 3 aromatic rings. The van der Waals surface area contributed by atoms with Crippen molar-refractivity contribution >= 4 is 39.2 Å². The highest BCUT2D eigenvalue weighted by Gasteiger charge is 2.27. The number of aromatic nitrogens is 2. The minimum Gasteiger partial charge on any atom is -0.339 e. The monoisotopic (exact) mass is 470 g/mol. The molecule has 4 rings (SSSR count). The van der Waals surface area contributed by atoms with E-state index in [1.165, 1.54) is 17.3 Å². The van der Waals surface area contributed by atoms with Crippen molar-refractivity contribution in [1.29, 1.82) is 0 Å². The first-order chi connectivity index (χ1) is 15.4. The van der Waals surface area contributed by atoms with Gasteiger partial charge in [0.25, 0.3) is 5.56 Å². The van der Waals surface area contributed by atoms with Crippen LogP contribution in [0.1, 0.15) is 29.9 Å². The highest BCUT2D eigenvalue weighted by molar-refractivity contribution is 8.00. The fourth-order valence-electron chi connectivity index (χ4n) is 4.11. The smallest absolute Gasteiger partial charge is 0.263 e. The zero-order valence-corrected chi connectivity index (χ0v) is 20.8. The second kappa shape index (κ2) is 9.77. The lowest BCUT2D eigenvalue weighted by atomic mass is 10.2. The summed E-state index contributed by atoms with van der Waals surface area (Å²) in [6.07, 6.45) is 0. The molecule has 1 aliphatic heterocycles. The van der Waals surface area contributed by atoms with E-state index in [0.29, 0.717) is 17.1 Å². The molecule has 32 heavy (non-hydrogen) atoms. The van der Waals surface area contributed by atoms with Crippen LogP contribution in [0.15, 0.2) is 40.3 Å². The molecule has 1 atom stereocenters. The predicted molar refractivity (Wildman–Crippen MR) is 133 cm³/mol. The Hall–Kier alpha value is -2.16. The Kier molecular flexibility index (Phi) is 7.02. The van der Waals surface area contributed by atoms with E-state index >= 15 is 0 Å². The molecule has 6 nitrogen and oxygen atoms in total. The lowest BCUT2D eigenvalue weighted by Crippen LogP contribution is -2.50. The quantitative estimate of drug-likeness (QED) is 0.404. The topological polar surface area (TPSA) is 58.4 Å². The third kappa shape index (κ3) is 4.63. The van der Waals surface area contributed by atoms with E-state index < -0.39 is 0 Å². The summed E-state index contributed by atoms with van der Waals surface area (Å²) < 4.78 is 1.70. The van der Waals surface area contributed by atoms with E-state index in [4.69, 9.17) is 4.98 Å². The maximum Gasteiger partial charge on any atom is 0.263 e. The second-order valence-corrected chi connectivity index (χ2v) is 10.8. The van der Waals surface area contributed by atoms with Crippen LogP contribution in [0.3, 0.4) is 0 Å². The maximum absolute atomic E-state index is 13.1. The molecule has 3 heterocycles. The number of hydrogen-bond donors (Lipinski definition) is 0. The molecule has 2 aromatic heterocycles. The van der Waals surface area contributed by atoms with Gasteiger partial charge in [0.1, 0.15) is 4.83 Å². The van der Waals surface area contributed by atoms with Gasteiger partial charge in [-0.15, -0.1) is 11.3 Å². The van der Waals surface area contributed by atoms with Gasteiger partial charge in [-0.2, -0.15) is 0 Å². The maximum atomic E-state index is 13.1. The number of benzene rings is 1. The highest BCUT2D eigenvalue weighted by atomic mass is 32.2. The lowest BCUT2D eigenvalue weighted by molar-refractivity contribution is -0.132. The molecule has 0 bridgehead atoms. The number of aryl methyl sites for hydroxylation is 2. The molecular formula is C24H30N4O2S2. The fraction of sp³-hybridized carbons (Fsp3) is 0.458. The van der Waals surface area contributed by atoms with Crippen molar-refractivity contribution in [2.45, 2.75) is 51.2 Å². The number of piperazine rings is 1.